The second-order valence-corrected chi connectivity index (χ2v) is 6.96. The maximum absolute atomic E-state index is 13.3. The zero-order chi connectivity index (χ0) is 23.9. The third-order valence-corrected chi connectivity index (χ3v) is 4.73. The topological polar surface area (TPSA) is 64.0 Å². The molecular weight excluding hydrogens is 423 g/mol. The number of aliphatic imine (C=N–C) groups is 1. The van der Waals surface area contributed by atoms with Crippen LogP contribution in [0.25, 0.3) is 5.70 Å². The lowest BCUT2D eigenvalue weighted by Crippen LogP contribution is -2.42. The van der Waals surface area contributed by atoms with E-state index < -0.39 is 11.7 Å². The molecule has 6 nitrogen and oxygen atoms in total. The standard InChI is InChI=1S/C23H26F3N3O3/c1-6-29(15(2)14-32-21-12-11-18(13-27-21)23(24,25)26)22(30)20-10-8-7-9-19(20)16(3)28-17(4)31-5/h7-13,15H,3,6,14H2,1-2,4-5H3/b28-17-. The molecule has 0 aliphatic heterocycles. The Balaban J connectivity index is 2.15. The molecule has 0 saturated heterocycles. The molecule has 32 heavy (non-hydrogen) atoms. The van der Waals surface area contributed by atoms with Crippen molar-refractivity contribution in [3.05, 3.63) is 65.9 Å². The average molecular weight is 449 g/mol. The predicted octanol–water partition coefficient (Wildman–Crippen LogP) is 5.07. The van der Waals surface area contributed by atoms with Crippen molar-refractivity contribution in [2.75, 3.05) is 20.3 Å². The maximum atomic E-state index is 13.3. The Morgan fingerprint density at radius 1 is 1.22 bits per heavy atom. The molecule has 2 rings (SSSR count). The number of aromatic nitrogens is 1. The van der Waals surface area contributed by atoms with Crippen molar-refractivity contribution in [1.29, 1.82) is 0 Å². The highest BCUT2D eigenvalue weighted by molar-refractivity contribution is 5.99. The van der Waals surface area contributed by atoms with Crippen LogP contribution in [0.2, 0.25) is 0 Å². The van der Waals surface area contributed by atoms with Crippen LogP contribution >= 0.6 is 0 Å². The number of benzene rings is 1. The lowest BCUT2D eigenvalue weighted by molar-refractivity contribution is -0.137. The van der Waals surface area contributed by atoms with E-state index in [1.165, 1.54) is 7.11 Å². The number of carbonyl (C=O) groups is 1. The van der Waals surface area contributed by atoms with Crippen LogP contribution in [0.15, 0.2) is 54.2 Å². The van der Waals surface area contributed by atoms with E-state index in [0.29, 0.717) is 35.5 Å². The number of hydrogen-bond donors (Lipinski definition) is 0. The van der Waals surface area contributed by atoms with Gasteiger partial charge in [-0.25, -0.2) is 9.98 Å². The van der Waals surface area contributed by atoms with E-state index in [1.807, 2.05) is 6.92 Å². The third kappa shape index (κ3) is 6.32. The van der Waals surface area contributed by atoms with E-state index >= 15 is 0 Å². The molecule has 9 heteroatoms. The summed E-state index contributed by atoms with van der Waals surface area (Å²) in [4.78, 5) is 22.8. The first-order valence-corrected chi connectivity index (χ1v) is 9.93. The molecule has 1 aromatic heterocycles. The Morgan fingerprint density at radius 2 is 1.88 bits per heavy atom. The molecule has 0 radical (unpaired) electrons. The van der Waals surface area contributed by atoms with E-state index in [4.69, 9.17) is 9.47 Å². The first kappa shape index (κ1) is 24.9. The van der Waals surface area contributed by atoms with E-state index in [1.54, 1.807) is 43.0 Å². The first-order chi connectivity index (χ1) is 15.1. The number of methoxy groups -OCH3 is 1. The largest absolute Gasteiger partial charge is 0.484 e. The molecule has 1 unspecified atom stereocenters. The van der Waals surface area contributed by atoms with Gasteiger partial charge in [0.05, 0.1) is 24.4 Å². The van der Waals surface area contributed by atoms with Crippen LogP contribution in [0, 0.1) is 0 Å². The quantitative estimate of drug-likeness (QED) is 0.417. The zero-order valence-electron chi connectivity index (χ0n) is 18.4. The molecule has 2 aromatic rings. The Hall–Kier alpha value is -3.36. The van der Waals surface area contributed by atoms with Gasteiger partial charge in [-0.3, -0.25) is 4.79 Å². The Morgan fingerprint density at radius 3 is 2.41 bits per heavy atom. The van der Waals surface area contributed by atoms with Crippen molar-refractivity contribution >= 4 is 17.5 Å². The number of nitrogens with zero attached hydrogens (tertiary/aromatic N) is 3. The summed E-state index contributed by atoms with van der Waals surface area (Å²) in [6.45, 7) is 9.69. The normalized spacial score (nSPS) is 12.8. The molecule has 0 bridgehead atoms. The van der Waals surface area contributed by atoms with Crippen LogP contribution in [0.1, 0.15) is 42.3 Å². The Labute approximate surface area is 185 Å². The molecule has 0 fully saturated rings. The maximum Gasteiger partial charge on any atom is 0.417 e. The van der Waals surface area contributed by atoms with Gasteiger partial charge in [-0.1, -0.05) is 24.8 Å². The van der Waals surface area contributed by atoms with E-state index in [2.05, 4.69) is 16.6 Å². The van der Waals surface area contributed by atoms with Gasteiger partial charge in [-0.2, -0.15) is 13.2 Å². The van der Waals surface area contributed by atoms with Gasteiger partial charge in [-0.05, 0) is 26.0 Å². The molecule has 1 heterocycles. The number of rotatable bonds is 8. The number of alkyl halides is 3. The molecule has 172 valence electrons. The lowest BCUT2D eigenvalue weighted by atomic mass is 10.0. The van der Waals surface area contributed by atoms with E-state index in [0.717, 1.165) is 12.1 Å². The molecule has 0 N–H and O–H groups in total. The fourth-order valence-corrected chi connectivity index (χ4v) is 2.96. The number of halogens is 3. The van der Waals surface area contributed by atoms with Crippen molar-refractivity contribution in [2.45, 2.75) is 33.0 Å². The summed E-state index contributed by atoms with van der Waals surface area (Å²) in [7, 11) is 1.50. The van der Waals surface area contributed by atoms with Crippen molar-refractivity contribution in [1.82, 2.24) is 9.88 Å². The molecule has 0 aliphatic carbocycles. The van der Waals surface area contributed by atoms with Crippen LogP contribution < -0.4 is 4.74 Å². The summed E-state index contributed by atoms with van der Waals surface area (Å²) in [6, 6.07) is 8.66. The molecule has 1 atom stereocenters. The van der Waals surface area contributed by atoms with Gasteiger partial charge < -0.3 is 14.4 Å². The minimum atomic E-state index is -4.46. The average Bonchev–Trinajstić information content (AvgIpc) is 2.77. The second-order valence-electron chi connectivity index (χ2n) is 6.96. The number of ether oxygens (including phenoxy) is 2. The summed E-state index contributed by atoms with van der Waals surface area (Å²) in [5.41, 5.74) is 0.532. The molecule has 0 spiro atoms. The highest BCUT2D eigenvalue weighted by Gasteiger charge is 2.31. The summed E-state index contributed by atoms with van der Waals surface area (Å²) in [5.74, 6) is 0.216. The summed E-state index contributed by atoms with van der Waals surface area (Å²) in [5, 5.41) is 0. The van der Waals surface area contributed by atoms with Crippen LogP contribution in [0.4, 0.5) is 13.2 Å². The smallest absolute Gasteiger partial charge is 0.417 e. The number of pyridine rings is 1. The zero-order valence-corrected chi connectivity index (χ0v) is 18.4. The van der Waals surface area contributed by atoms with Crippen LogP contribution in [-0.2, 0) is 10.9 Å². The SMILES string of the molecule is C=C(/N=C(/C)OC)c1ccccc1C(=O)N(CC)C(C)COc1ccc(C(F)(F)F)cn1. The number of likely N-dealkylation sites (N-methyl/N-ethyl adjacent to an activating group) is 1. The van der Waals surface area contributed by atoms with Crippen LogP contribution in [0.5, 0.6) is 5.88 Å². The third-order valence-electron chi connectivity index (χ3n) is 4.73. The predicted molar refractivity (Wildman–Crippen MR) is 117 cm³/mol. The molecular formula is C23H26F3N3O3. The van der Waals surface area contributed by atoms with Crippen molar-refractivity contribution in [3.63, 3.8) is 0 Å². The van der Waals surface area contributed by atoms with Gasteiger partial charge >= 0.3 is 6.18 Å². The van der Waals surface area contributed by atoms with Gasteiger partial charge in [0, 0.05) is 36.9 Å². The summed E-state index contributed by atoms with van der Waals surface area (Å²) >= 11 is 0. The second kappa shape index (κ2) is 10.8. The van der Waals surface area contributed by atoms with Gasteiger partial charge in [0.2, 0.25) is 5.88 Å². The van der Waals surface area contributed by atoms with E-state index in [-0.39, 0.29) is 24.4 Å². The van der Waals surface area contributed by atoms with Crippen molar-refractivity contribution < 1.29 is 27.4 Å². The minimum Gasteiger partial charge on any atom is -0.484 e. The Kier molecular flexibility index (Phi) is 8.40. The van der Waals surface area contributed by atoms with Gasteiger partial charge in [0.1, 0.15) is 6.61 Å². The fourth-order valence-electron chi connectivity index (χ4n) is 2.96. The monoisotopic (exact) mass is 449 g/mol. The highest BCUT2D eigenvalue weighted by atomic mass is 19.4. The summed E-state index contributed by atoms with van der Waals surface area (Å²) < 4.78 is 48.6. The number of hydrogen-bond acceptors (Lipinski definition) is 5. The van der Waals surface area contributed by atoms with Gasteiger partial charge in [0.15, 0.2) is 5.90 Å². The Bertz CT molecular complexity index is 972. The molecule has 1 aromatic carbocycles. The van der Waals surface area contributed by atoms with Crippen LogP contribution in [-0.4, -0.2) is 48.0 Å². The number of amides is 1. The van der Waals surface area contributed by atoms with Gasteiger partial charge in [-0.15, -0.1) is 0 Å². The van der Waals surface area contributed by atoms with Gasteiger partial charge in [0.25, 0.3) is 5.91 Å². The lowest BCUT2D eigenvalue weighted by Gasteiger charge is -2.28. The first-order valence-electron chi connectivity index (χ1n) is 9.93. The number of carbonyl (C=O) groups excluding carboxylic acids is 1. The molecule has 0 saturated carbocycles. The summed E-state index contributed by atoms with van der Waals surface area (Å²) in [6.07, 6.45) is -3.75. The molecule has 0 aliphatic rings. The minimum absolute atomic E-state index is 0.0477. The van der Waals surface area contributed by atoms with Crippen molar-refractivity contribution in [3.8, 4) is 5.88 Å². The van der Waals surface area contributed by atoms with E-state index in [9.17, 15) is 18.0 Å². The molecule has 1 amide bonds. The van der Waals surface area contributed by atoms with Crippen LogP contribution in [0.3, 0.4) is 0 Å². The fraction of sp³-hybridized carbons (Fsp3) is 0.348. The van der Waals surface area contributed by atoms with Crippen molar-refractivity contribution in [2.24, 2.45) is 4.99 Å². The highest BCUT2D eigenvalue weighted by Crippen LogP contribution is 2.29.